The van der Waals surface area contributed by atoms with E-state index in [2.05, 4.69) is 52.9 Å². The fourth-order valence-corrected chi connectivity index (χ4v) is 4.62. The van der Waals surface area contributed by atoms with Gasteiger partial charge in [0.2, 0.25) is 0 Å². The normalized spacial score (nSPS) is 18.4. The molecule has 2 N–H and O–H groups in total. The fourth-order valence-electron chi connectivity index (χ4n) is 3.93. The highest BCUT2D eigenvalue weighted by atomic mass is 32.2. The molecule has 4 rings (SSSR count). The third kappa shape index (κ3) is 5.13. The van der Waals surface area contributed by atoms with Crippen molar-refractivity contribution in [1.82, 2.24) is 5.32 Å². The summed E-state index contributed by atoms with van der Waals surface area (Å²) >= 11 is 0.818. The first-order valence-electron chi connectivity index (χ1n) is 11.4. The van der Waals surface area contributed by atoms with Crippen molar-refractivity contribution in [3.63, 3.8) is 0 Å². The monoisotopic (exact) mass is 494 g/mol. The Kier molecular flexibility index (Phi) is 6.32. The first-order chi connectivity index (χ1) is 16.2. The summed E-state index contributed by atoms with van der Waals surface area (Å²) in [4.78, 5) is 38.1. The number of thioether (sulfide) groups is 1. The number of carbonyl (C=O) groups is 3. The zero-order chi connectivity index (χ0) is 25.7. The molecule has 2 aromatic carbocycles. The van der Waals surface area contributed by atoms with Crippen molar-refractivity contribution < 1.29 is 24.2 Å². The van der Waals surface area contributed by atoms with E-state index in [1.165, 1.54) is 4.90 Å². The SMILES string of the molecule is CC(C)(C)c1cc(C(O)N2C(=O)COc3ccc(/C=C4\SC(=O)NC4=O)cc32)cc(C(C)(C)C)c1. The summed E-state index contributed by atoms with van der Waals surface area (Å²) in [5.41, 5.74) is 3.43. The number of aliphatic hydroxyl groups excluding tert-OH is 1. The lowest BCUT2D eigenvalue weighted by molar-refractivity contribution is -0.123. The maximum absolute atomic E-state index is 13.0. The van der Waals surface area contributed by atoms with Gasteiger partial charge in [0.1, 0.15) is 5.75 Å². The standard InChI is InChI=1S/C27H30N2O5S/c1-26(2,3)17-11-16(12-18(13-17)27(4,5)6)24(32)29-19-9-15(7-8-20(19)34-14-22(29)30)10-21-23(31)28-25(33)35-21/h7-13,24,32H,14H2,1-6H3,(H,28,31,33)/b21-10-. The summed E-state index contributed by atoms with van der Waals surface area (Å²) in [7, 11) is 0. The molecule has 7 nitrogen and oxygen atoms in total. The fraction of sp³-hybridized carbons (Fsp3) is 0.370. The average molecular weight is 495 g/mol. The topological polar surface area (TPSA) is 95.9 Å². The second kappa shape index (κ2) is 8.84. The van der Waals surface area contributed by atoms with E-state index in [1.54, 1.807) is 24.3 Å². The predicted octanol–water partition coefficient (Wildman–Crippen LogP) is 5.02. The average Bonchev–Trinajstić information content (AvgIpc) is 3.08. The summed E-state index contributed by atoms with van der Waals surface area (Å²) in [5.74, 6) is -0.388. The van der Waals surface area contributed by atoms with Crippen molar-refractivity contribution >= 4 is 40.6 Å². The molecule has 2 aromatic rings. The highest BCUT2D eigenvalue weighted by Gasteiger charge is 2.33. The van der Waals surface area contributed by atoms with E-state index in [-0.39, 0.29) is 28.2 Å². The van der Waals surface area contributed by atoms with Gasteiger partial charge in [0.25, 0.3) is 17.1 Å². The van der Waals surface area contributed by atoms with Crippen LogP contribution in [0.2, 0.25) is 0 Å². The molecule has 184 valence electrons. The number of rotatable bonds is 3. The second-order valence-electron chi connectivity index (χ2n) is 10.8. The van der Waals surface area contributed by atoms with Crippen molar-refractivity contribution in [2.75, 3.05) is 11.5 Å². The van der Waals surface area contributed by atoms with Crippen molar-refractivity contribution in [1.29, 1.82) is 0 Å². The summed E-state index contributed by atoms with van der Waals surface area (Å²) in [5, 5.41) is 13.3. The van der Waals surface area contributed by atoms with Crippen LogP contribution in [0.3, 0.4) is 0 Å². The van der Waals surface area contributed by atoms with Gasteiger partial charge in [-0.15, -0.1) is 0 Å². The Balaban J connectivity index is 1.79. The van der Waals surface area contributed by atoms with Crippen molar-refractivity contribution in [3.05, 3.63) is 63.6 Å². The number of amides is 3. The maximum atomic E-state index is 13.0. The zero-order valence-electron chi connectivity index (χ0n) is 20.8. The third-order valence-electron chi connectivity index (χ3n) is 6.03. The lowest BCUT2D eigenvalue weighted by Crippen LogP contribution is -2.41. The molecule has 8 heteroatoms. The number of imide groups is 1. The molecule has 2 aliphatic rings. The molecule has 2 heterocycles. The number of fused-ring (bicyclic) bond motifs is 1. The number of aliphatic hydroxyl groups is 1. The molecule has 3 amide bonds. The highest BCUT2D eigenvalue weighted by molar-refractivity contribution is 8.18. The molecule has 1 unspecified atom stereocenters. The van der Waals surface area contributed by atoms with Crippen LogP contribution in [-0.4, -0.2) is 28.8 Å². The molecular weight excluding hydrogens is 464 g/mol. The lowest BCUT2D eigenvalue weighted by atomic mass is 9.79. The molecule has 0 saturated carbocycles. The van der Waals surface area contributed by atoms with E-state index in [9.17, 15) is 19.5 Å². The van der Waals surface area contributed by atoms with E-state index < -0.39 is 17.4 Å². The van der Waals surface area contributed by atoms with Crippen LogP contribution in [0, 0.1) is 0 Å². The van der Waals surface area contributed by atoms with Crippen molar-refractivity contribution in [2.24, 2.45) is 0 Å². The number of nitrogens with zero attached hydrogens (tertiary/aromatic N) is 1. The molecule has 0 aromatic heterocycles. The van der Waals surface area contributed by atoms with Crippen LogP contribution in [0.15, 0.2) is 41.3 Å². The van der Waals surface area contributed by atoms with Crippen molar-refractivity contribution in [2.45, 2.75) is 58.6 Å². The molecule has 1 atom stereocenters. The molecule has 2 aliphatic heterocycles. The maximum Gasteiger partial charge on any atom is 0.290 e. The number of carbonyl (C=O) groups excluding carboxylic acids is 3. The van der Waals surface area contributed by atoms with Crippen LogP contribution < -0.4 is 15.0 Å². The van der Waals surface area contributed by atoms with Gasteiger partial charge in [-0.25, -0.2) is 0 Å². The summed E-state index contributed by atoms with van der Waals surface area (Å²) in [6.07, 6.45) is 0.342. The summed E-state index contributed by atoms with van der Waals surface area (Å²) in [6, 6.07) is 11.2. The first kappa shape index (κ1) is 25.0. The molecule has 0 spiro atoms. The van der Waals surface area contributed by atoms with Crippen LogP contribution in [-0.2, 0) is 20.4 Å². The van der Waals surface area contributed by atoms with Gasteiger partial charge in [-0.05, 0) is 57.5 Å². The van der Waals surface area contributed by atoms with Gasteiger partial charge < -0.3 is 9.84 Å². The van der Waals surface area contributed by atoms with E-state index >= 15 is 0 Å². The van der Waals surface area contributed by atoms with E-state index in [0.29, 0.717) is 22.6 Å². The minimum atomic E-state index is -1.23. The first-order valence-corrected chi connectivity index (χ1v) is 12.2. The van der Waals surface area contributed by atoms with Gasteiger partial charge in [-0.2, -0.15) is 0 Å². The Bertz CT molecular complexity index is 1220. The van der Waals surface area contributed by atoms with Crippen LogP contribution >= 0.6 is 11.8 Å². The summed E-state index contributed by atoms with van der Waals surface area (Å²) < 4.78 is 5.61. The highest BCUT2D eigenvalue weighted by Crippen LogP contribution is 2.40. The van der Waals surface area contributed by atoms with Gasteiger partial charge in [0, 0.05) is 5.56 Å². The Labute approximate surface area is 209 Å². The number of ether oxygens (including phenoxy) is 1. The Morgan fingerprint density at radius 2 is 1.63 bits per heavy atom. The quantitative estimate of drug-likeness (QED) is 0.582. The van der Waals surface area contributed by atoms with E-state index in [4.69, 9.17) is 4.74 Å². The van der Waals surface area contributed by atoms with Gasteiger partial charge in [0.15, 0.2) is 12.8 Å². The van der Waals surface area contributed by atoms with Gasteiger partial charge >= 0.3 is 0 Å². The third-order valence-corrected chi connectivity index (χ3v) is 6.84. The number of anilines is 1. The smallest absolute Gasteiger partial charge is 0.290 e. The minimum Gasteiger partial charge on any atom is -0.482 e. The van der Waals surface area contributed by atoms with Gasteiger partial charge in [0.05, 0.1) is 10.6 Å². The Hall–Kier alpha value is -3.10. The molecule has 1 saturated heterocycles. The molecule has 0 aliphatic carbocycles. The largest absolute Gasteiger partial charge is 0.482 e. The number of benzene rings is 2. The minimum absolute atomic E-state index is 0.154. The Morgan fingerprint density at radius 1 is 1.00 bits per heavy atom. The van der Waals surface area contributed by atoms with Crippen LogP contribution in [0.4, 0.5) is 10.5 Å². The zero-order valence-corrected chi connectivity index (χ0v) is 21.6. The Morgan fingerprint density at radius 3 is 2.17 bits per heavy atom. The predicted molar refractivity (Wildman–Crippen MR) is 137 cm³/mol. The molecular formula is C27H30N2O5S. The van der Waals surface area contributed by atoms with Crippen LogP contribution in [0.25, 0.3) is 6.08 Å². The second-order valence-corrected chi connectivity index (χ2v) is 11.9. The number of hydrogen-bond donors (Lipinski definition) is 2. The molecule has 0 radical (unpaired) electrons. The van der Waals surface area contributed by atoms with Gasteiger partial charge in [-0.3, -0.25) is 24.6 Å². The number of nitrogens with one attached hydrogen (secondary N) is 1. The molecule has 35 heavy (non-hydrogen) atoms. The molecule has 1 fully saturated rings. The van der Waals surface area contributed by atoms with Crippen LogP contribution in [0.1, 0.15) is 70.0 Å². The number of hydrogen-bond acceptors (Lipinski definition) is 6. The van der Waals surface area contributed by atoms with Gasteiger partial charge in [-0.1, -0.05) is 65.8 Å². The van der Waals surface area contributed by atoms with E-state index in [1.807, 2.05) is 12.1 Å². The lowest BCUT2D eigenvalue weighted by Gasteiger charge is -2.35. The van der Waals surface area contributed by atoms with Crippen LogP contribution in [0.5, 0.6) is 5.75 Å². The van der Waals surface area contributed by atoms with Crippen molar-refractivity contribution in [3.8, 4) is 5.75 Å². The molecule has 0 bridgehead atoms. The van der Waals surface area contributed by atoms with E-state index in [0.717, 1.165) is 22.9 Å². The summed E-state index contributed by atoms with van der Waals surface area (Å²) in [6.45, 7) is 12.5.